The molecule has 3 saturated heterocycles. The van der Waals surface area contributed by atoms with E-state index in [1.807, 2.05) is 13.8 Å². The number of benzene rings is 1. The number of carbonyl (C=O) groups excluding carboxylic acids is 2. The van der Waals surface area contributed by atoms with E-state index in [1.54, 1.807) is 32.7 Å². The first-order valence-corrected chi connectivity index (χ1v) is 24.0. The first-order chi connectivity index (χ1) is 29.8. The molecule has 0 bridgehead atoms. The van der Waals surface area contributed by atoms with Crippen molar-refractivity contribution in [3.05, 3.63) is 52.0 Å². The van der Waals surface area contributed by atoms with Crippen molar-refractivity contribution in [1.29, 1.82) is 0 Å². The number of aryl methyl sites for hydroxylation is 1. The highest BCUT2D eigenvalue weighted by Crippen LogP contribution is 2.63. The number of ether oxygens (including phenoxy) is 8. The normalized spacial score (nSPS) is 40.1. The Morgan fingerprint density at radius 2 is 1.60 bits per heavy atom. The highest BCUT2D eigenvalue weighted by atomic mass is 32.1. The van der Waals surface area contributed by atoms with Crippen molar-refractivity contribution in [1.82, 2.24) is 9.88 Å². The third-order valence-electron chi connectivity index (χ3n) is 15.2. The molecule has 0 radical (unpaired) electrons. The number of thiazole rings is 1. The number of methoxy groups -OCH3 is 3. The maximum atomic E-state index is 15.2. The standard InChI is InChI=1S/C49H70N2O10S/c1-11-30-13-12-14-38(61-40-20-19-37(51(6)7)27(4)57-40)26(3)43(53)35-23-33-32-21-31(60-49-46(56-10)45(55-9)44(54-8)28(5)58-49)22-36(32)47-42(41(33)34(35)24-39(52)59-30)50-48(62-47)29-17-15-25(2)16-18-29/h15-18,23,26-28,30-34,36-38,40-41,44-46,49H,11-14,19-22,24H2,1-10H3/t26-,27?,28?,30+,31+,32+,33+,34-,36-,37+,38+,40+,41-,44+,45?,46+,49+/m1/s1. The molecule has 4 heterocycles. The zero-order valence-electron chi connectivity index (χ0n) is 38.5. The van der Waals surface area contributed by atoms with Crippen molar-refractivity contribution in [2.75, 3.05) is 35.4 Å². The quantitative estimate of drug-likeness (QED) is 0.215. The first-order valence-electron chi connectivity index (χ1n) is 23.2. The second-order valence-corrected chi connectivity index (χ2v) is 20.2. The number of hydrogen-bond acceptors (Lipinski definition) is 13. The molecule has 17 atom stereocenters. The smallest absolute Gasteiger partial charge is 0.306 e. The van der Waals surface area contributed by atoms with E-state index in [0.717, 1.165) is 66.8 Å². The summed E-state index contributed by atoms with van der Waals surface area (Å²) < 4.78 is 50.6. The second-order valence-electron chi connectivity index (χ2n) is 19.1. The Bertz CT molecular complexity index is 1900. The summed E-state index contributed by atoms with van der Waals surface area (Å²) >= 11 is 1.75. The molecule has 8 rings (SSSR count). The number of carbonyl (C=O) groups is 2. The molecule has 3 aliphatic carbocycles. The lowest BCUT2D eigenvalue weighted by Gasteiger charge is -2.44. The number of cyclic esters (lactones) is 1. The molecule has 4 fully saturated rings. The number of Topliss-reactive ketones (excluding diaryl/α,β-unsaturated/α-hetero) is 1. The minimum atomic E-state index is -0.654. The van der Waals surface area contributed by atoms with Gasteiger partial charge in [0, 0.05) is 61.5 Å². The summed E-state index contributed by atoms with van der Waals surface area (Å²) in [4.78, 5) is 38.2. The van der Waals surface area contributed by atoms with Gasteiger partial charge >= 0.3 is 5.97 Å². The van der Waals surface area contributed by atoms with Crippen molar-refractivity contribution < 1.29 is 47.5 Å². The number of ketones is 1. The van der Waals surface area contributed by atoms with Crippen LogP contribution in [-0.4, -0.2) is 125 Å². The number of hydrogen-bond donors (Lipinski definition) is 0. The van der Waals surface area contributed by atoms with Crippen LogP contribution in [0.5, 0.6) is 0 Å². The molecule has 1 aromatic carbocycles. The predicted octanol–water partition coefficient (Wildman–Crippen LogP) is 8.00. The van der Waals surface area contributed by atoms with Gasteiger partial charge in [0.2, 0.25) is 0 Å². The number of esters is 1. The molecular formula is C49H70N2O10S. The molecule has 342 valence electrons. The van der Waals surface area contributed by atoms with Crippen LogP contribution in [0.3, 0.4) is 0 Å². The zero-order chi connectivity index (χ0) is 44.0. The fourth-order valence-electron chi connectivity index (χ4n) is 11.9. The van der Waals surface area contributed by atoms with Gasteiger partial charge < -0.3 is 42.8 Å². The van der Waals surface area contributed by atoms with E-state index in [-0.39, 0.29) is 96.8 Å². The van der Waals surface area contributed by atoms with Gasteiger partial charge in [-0.15, -0.1) is 11.3 Å². The molecule has 0 amide bonds. The maximum absolute atomic E-state index is 15.2. The Labute approximate surface area is 372 Å². The van der Waals surface area contributed by atoms with Gasteiger partial charge in [-0.2, -0.15) is 0 Å². The van der Waals surface area contributed by atoms with Crippen molar-refractivity contribution in [2.45, 2.75) is 172 Å². The summed E-state index contributed by atoms with van der Waals surface area (Å²) in [5.74, 6) is -0.892. The Morgan fingerprint density at radius 3 is 2.27 bits per heavy atom. The van der Waals surface area contributed by atoms with Crippen molar-refractivity contribution >= 4 is 23.1 Å². The van der Waals surface area contributed by atoms with Crippen LogP contribution in [0.4, 0.5) is 0 Å². The van der Waals surface area contributed by atoms with Gasteiger partial charge in [0.15, 0.2) is 18.4 Å². The largest absolute Gasteiger partial charge is 0.462 e. The molecule has 3 unspecified atom stereocenters. The number of fused-ring (bicyclic) bond motifs is 8. The molecule has 6 aliphatic rings. The van der Waals surface area contributed by atoms with E-state index in [2.05, 4.69) is 70.1 Å². The highest BCUT2D eigenvalue weighted by molar-refractivity contribution is 7.15. The van der Waals surface area contributed by atoms with Gasteiger partial charge in [0.25, 0.3) is 0 Å². The van der Waals surface area contributed by atoms with Crippen LogP contribution in [0.2, 0.25) is 0 Å². The Kier molecular flexibility index (Phi) is 14.4. The number of allylic oxidation sites excluding steroid dienone is 2. The lowest BCUT2D eigenvalue weighted by atomic mass is 9.67. The summed E-state index contributed by atoms with van der Waals surface area (Å²) in [7, 11) is 9.18. The third-order valence-corrected chi connectivity index (χ3v) is 16.4. The molecule has 2 aromatic rings. The van der Waals surface area contributed by atoms with Crippen LogP contribution < -0.4 is 0 Å². The molecular weight excluding hydrogens is 809 g/mol. The predicted molar refractivity (Wildman–Crippen MR) is 236 cm³/mol. The zero-order valence-corrected chi connectivity index (χ0v) is 39.3. The lowest BCUT2D eigenvalue weighted by Crippen LogP contribution is -2.59. The topological polar surface area (TPSA) is 124 Å². The van der Waals surface area contributed by atoms with Gasteiger partial charge in [-0.05, 0) is 104 Å². The molecule has 12 nitrogen and oxygen atoms in total. The first kappa shape index (κ1) is 46.0. The number of nitrogens with zero attached hydrogens (tertiary/aromatic N) is 2. The Morgan fingerprint density at radius 1 is 0.855 bits per heavy atom. The monoisotopic (exact) mass is 878 g/mol. The summed E-state index contributed by atoms with van der Waals surface area (Å²) in [6.45, 7) is 10.3. The Hall–Kier alpha value is -2.59. The average Bonchev–Trinajstić information content (AvgIpc) is 3.97. The summed E-state index contributed by atoms with van der Waals surface area (Å²) in [6, 6.07) is 8.84. The van der Waals surface area contributed by atoms with Gasteiger partial charge in [0.05, 0.1) is 36.5 Å². The van der Waals surface area contributed by atoms with E-state index >= 15 is 4.79 Å². The van der Waals surface area contributed by atoms with Crippen molar-refractivity contribution in [2.24, 2.45) is 23.7 Å². The van der Waals surface area contributed by atoms with Gasteiger partial charge in [-0.1, -0.05) is 49.8 Å². The Balaban J connectivity index is 1.14. The second kappa shape index (κ2) is 19.5. The SMILES string of the molecule is CC[C@H]1CCC[C@H](O[C@H]2CC[C@H](N(C)C)C(C)O2)[C@@H](C)C(=O)C2=C[C@H]3[C@@H]4C[C@H](O[C@@H]5OC(C)[C@H](OC)C(OC)[C@@H]5OC)C[C@H]4c4sc(-c5ccc(C)cc5)nc4[C@H]3[C@@H]2CC(=O)O1. The summed E-state index contributed by atoms with van der Waals surface area (Å²) in [5.41, 5.74) is 3.98. The van der Waals surface area contributed by atoms with Crippen LogP contribution in [0.25, 0.3) is 10.6 Å². The molecule has 3 aliphatic heterocycles. The van der Waals surface area contributed by atoms with Crippen LogP contribution in [-0.2, 0) is 47.5 Å². The van der Waals surface area contributed by atoms with Crippen LogP contribution in [0.15, 0.2) is 35.9 Å². The fourth-order valence-corrected chi connectivity index (χ4v) is 13.2. The molecule has 0 spiro atoms. The highest BCUT2D eigenvalue weighted by Gasteiger charge is 2.57. The lowest BCUT2D eigenvalue weighted by molar-refractivity contribution is -0.314. The molecule has 1 saturated carbocycles. The van der Waals surface area contributed by atoms with Crippen molar-refractivity contribution in [3.8, 4) is 10.6 Å². The fraction of sp³-hybridized carbons (Fsp3) is 0.735. The molecule has 0 N–H and O–H groups in total. The van der Waals surface area contributed by atoms with Crippen LogP contribution in [0, 0.1) is 30.6 Å². The van der Waals surface area contributed by atoms with Crippen LogP contribution in [0.1, 0.15) is 113 Å². The summed E-state index contributed by atoms with van der Waals surface area (Å²) in [5, 5.41) is 0.956. The molecule has 62 heavy (non-hydrogen) atoms. The molecule has 13 heteroatoms. The van der Waals surface area contributed by atoms with Crippen LogP contribution >= 0.6 is 11.3 Å². The van der Waals surface area contributed by atoms with Crippen molar-refractivity contribution in [3.63, 3.8) is 0 Å². The van der Waals surface area contributed by atoms with Gasteiger partial charge in [0.1, 0.15) is 29.4 Å². The minimum absolute atomic E-state index is 0.0105. The van der Waals surface area contributed by atoms with E-state index in [4.69, 9.17) is 42.9 Å². The third kappa shape index (κ3) is 9.01. The van der Waals surface area contributed by atoms with E-state index in [0.29, 0.717) is 12.5 Å². The molecule has 1 aromatic heterocycles. The van der Waals surface area contributed by atoms with E-state index < -0.39 is 18.3 Å². The average molecular weight is 879 g/mol. The number of aromatic nitrogens is 1. The van der Waals surface area contributed by atoms with Gasteiger partial charge in [-0.3, -0.25) is 9.59 Å². The van der Waals surface area contributed by atoms with E-state index in [1.165, 1.54) is 10.4 Å². The number of rotatable bonds is 10. The maximum Gasteiger partial charge on any atom is 0.306 e. The van der Waals surface area contributed by atoms with Gasteiger partial charge in [-0.25, -0.2) is 4.98 Å². The minimum Gasteiger partial charge on any atom is -0.462 e. The number of likely N-dealkylation sites (N-methyl/N-ethyl adjacent to an activating group) is 1. The van der Waals surface area contributed by atoms with E-state index in [9.17, 15) is 4.79 Å². The summed E-state index contributed by atoms with van der Waals surface area (Å²) in [6.07, 6.45) is 5.39.